The van der Waals surface area contributed by atoms with Crippen molar-refractivity contribution in [2.24, 2.45) is 5.92 Å². The van der Waals surface area contributed by atoms with Crippen molar-refractivity contribution in [2.75, 3.05) is 13.1 Å². The highest BCUT2D eigenvalue weighted by Crippen LogP contribution is 2.46. The maximum absolute atomic E-state index is 5.35. The van der Waals surface area contributed by atoms with Crippen LogP contribution in [0.5, 0.6) is 0 Å². The molecule has 3 rings (SSSR count). The molecule has 0 radical (unpaired) electrons. The number of aromatic nitrogens is 2. The van der Waals surface area contributed by atoms with Crippen LogP contribution in [0.25, 0.3) is 0 Å². The van der Waals surface area contributed by atoms with Gasteiger partial charge in [0.1, 0.15) is 0 Å². The van der Waals surface area contributed by atoms with E-state index in [1.54, 1.807) is 0 Å². The lowest BCUT2D eigenvalue weighted by molar-refractivity contribution is 0.264. The van der Waals surface area contributed by atoms with E-state index in [-0.39, 0.29) is 17.8 Å². The van der Waals surface area contributed by atoms with Crippen molar-refractivity contribution in [3.63, 3.8) is 0 Å². The normalized spacial score (nSPS) is 33.8. The molecule has 0 spiro atoms. The zero-order valence-electron chi connectivity index (χ0n) is 8.82. The summed E-state index contributed by atoms with van der Waals surface area (Å²) in [6.45, 7) is 4.01. The van der Waals surface area contributed by atoms with Crippen molar-refractivity contribution >= 4 is 12.4 Å². The second-order valence-corrected chi connectivity index (χ2v) is 4.52. The SMILES string of the molecule is Cc1noc([C@]23CCC[C@H]2CNC3)n1.Cl. The number of nitrogens with zero attached hydrogens (tertiary/aromatic N) is 2. The molecule has 2 aliphatic rings. The molecule has 1 aromatic heterocycles. The van der Waals surface area contributed by atoms with Crippen molar-refractivity contribution in [1.29, 1.82) is 0 Å². The zero-order valence-corrected chi connectivity index (χ0v) is 9.64. The molecular weight excluding hydrogens is 214 g/mol. The quantitative estimate of drug-likeness (QED) is 0.792. The van der Waals surface area contributed by atoms with E-state index in [0.717, 1.165) is 24.8 Å². The summed E-state index contributed by atoms with van der Waals surface area (Å²) in [6, 6.07) is 0. The monoisotopic (exact) mass is 229 g/mol. The van der Waals surface area contributed by atoms with Gasteiger partial charge in [0, 0.05) is 6.54 Å². The smallest absolute Gasteiger partial charge is 0.234 e. The van der Waals surface area contributed by atoms with Crippen LogP contribution in [0.2, 0.25) is 0 Å². The number of hydrogen-bond donors (Lipinski definition) is 1. The molecule has 1 aliphatic carbocycles. The fourth-order valence-corrected chi connectivity index (χ4v) is 3.00. The summed E-state index contributed by atoms with van der Waals surface area (Å²) in [6.07, 6.45) is 3.80. The molecule has 1 aliphatic heterocycles. The number of aryl methyl sites for hydroxylation is 1. The Morgan fingerprint density at radius 2 is 2.40 bits per heavy atom. The van der Waals surface area contributed by atoms with Gasteiger partial charge in [-0.15, -0.1) is 12.4 Å². The summed E-state index contributed by atoms with van der Waals surface area (Å²) in [5.74, 6) is 2.33. The number of hydrogen-bond acceptors (Lipinski definition) is 4. The van der Waals surface area contributed by atoms with Crippen LogP contribution in [0, 0.1) is 12.8 Å². The van der Waals surface area contributed by atoms with Gasteiger partial charge in [0.25, 0.3) is 0 Å². The van der Waals surface area contributed by atoms with Crippen LogP contribution in [-0.2, 0) is 5.41 Å². The van der Waals surface area contributed by atoms with Gasteiger partial charge in [-0.25, -0.2) is 0 Å². The average Bonchev–Trinajstić information content (AvgIpc) is 2.75. The van der Waals surface area contributed by atoms with Gasteiger partial charge in [-0.2, -0.15) is 4.98 Å². The molecule has 5 heteroatoms. The molecule has 1 N–H and O–H groups in total. The number of nitrogens with one attached hydrogen (secondary N) is 1. The Balaban J connectivity index is 0.000000853. The van der Waals surface area contributed by atoms with Crippen LogP contribution in [0.1, 0.15) is 31.0 Å². The molecule has 2 heterocycles. The Labute approximate surface area is 95.2 Å². The molecule has 0 aromatic carbocycles. The van der Waals surface area contributed by atoms with E-state index in [1.807, 2.05) is 6.92 Å². The van der Waals surface area contributed by atoms with Crippen LogP contribution in [0.15, 0.2) is 4.52 Å². The summed E-state index contributed by atoms with van der Waals surface area (Å²) < 4.78 is 5.35. The average molecular weight is 230 g/mol. The van der Waals surface area contributed by atoms with Crippen LogP contribution < -0.4 is 5.32 Å². The van der Waals surface area contributed by atoms with E-state index in [9.17, 15) is 0 Å². The van der Waals surface area contributed by atoms with Gasteiger partial charge in [-0.1, -0.05) is 11.6 Å². The van der Waals surface area contributed by atoms with Crippen molar-refractivity contribution in [1.82, 2.24) is 15.5 Å². The van der Waals surface area contributed by atoms with E-state index < -0.39 is 0 Å². The Morgan fingerprint density at radius 3 is 3.13 bits per heavy atom. The van der Waals surface area contributed by atoms with Crippen molar-refractivity contribution in [2.45, 2.75) is 31.6 Å². The molecular formula is C10H16ClN3O. The minimum Gasteiger partial charge on any atom is -0.339 e. The molecule has 2 fully saturated rings. The fraction of sp³-hybridized carbons (Fsp3) is 0.800. The highest BCUT2D eigenvalue weighted by Gasteiger charge is 2.51. The number of halogens is 1. The second-order valence-electron chi connectivity index (χ2n) is 4.52. The summed E-state index contributed by atoms with van der Waals surface area (Å²) >= 11 is 0. The predicted molar refractivity (Wildman–Crippen MR) is 58.2 cm³/mol. The maximum Gasteiger partial charge on any atom is 0.234 e. The fourth-order valence-electron chi connectivity index (χ4n) is 3.00. The summed E-state index contributed by atoms with van der Waals surface area (Å²) in [5.41, 5.74) is 0.168. The zero-order chi connectivity index (χ0) is 9.60. The summed E-state index contributed by atoms with van der Waals surface area (Å²) in [4.78, 5) is 4.41. The lowest BCUT2D eigenvalue weighted by Gasteiger charge is -2.22. The van der Waals surface area contributed by atoms with Gasteiger partial charge in [-0.3, -0.25) is 0 Å². The highest BCUT2D eigenvalue weighted by atomic mass is 35.5. The molecule has 84 valence electrons. The third-order valence-corrected chi connectivity index (χ3v) is 3.74. The molecule has 2 atom stereocenters. The van der Waals surface area contributed by atoms with Gasteiger partial charge in [0.2, 0.25) is 5.89 Å². The van der Waals surface area contributed by atoms with E-state index in [0.29, 0.717) is 5.92 Å². The molecule has 0 bridgehead atoms. The Morgan fingerprint density at radius 1 is 1.53 bits per heavy atom. The van der Waals surface area contributed by atoms with Gasteiger partial charge in [0.15, 0.2) is 5.82 Å². The van der Waals surface area contributed by atoms with Gasteiger partial charge < -0.3 is 9.84 Å². The Kier molecular flexibility index (Phi) is 2.73. The molecule has 1 saturated carbocycles. The first-order valence-electron chi connectivity index (χ1n) is 5.33. The first kappa shape index (κ1) is 10.9. The third kappa shape index (κ3) is 1.47. The lowest BCUT2D eigenvalue weighted by atomic mass is 9.80. The standard InChI is InChI=1S/C10H15N3O.ClH/c1-7-12-9(14-13-7)10-4-2-3-8(10)5-11-6-10;/h8,11H,2-6H2,1H3;1H/t8-,10-;/m0./s1. The molecule has 1 saturated heterocycles. The van der Waals surface area contributed by atoms with Gasteiger partial charge in [0.05, 0.1) is 5.41 Å². The summed E-state index contributed by atoms with van der Waals surface area (Å²) in [5, 5.41) is 7.35. The van der Waals surface area contributed by atoms with Crippen LogP contribution in [-0.4, -0.2) is 23.2 Å². The Hall–Kier alpha value is -0.610. The van der Waals surface area contributed by atoms with Crippen molar-refractivity contribution in [3.05, 3.63) is 11.7 Å². The van der Waals surface area contributed by atoms with E-state index in [4.69, 9.17) is 4.52 Å². The molecule has 1 aromatic rings. The lowest BCUT2D eigenvalue weighted by Crippen LogP contribution is -2.31. The predicted octanol–water partition coefficient (Wildman–Crippen LogP) is 1.44. The number of rotatable bonds is 1. The number of fused-ring (bicyclic) bond motifs is 1. The van der Waals surface area contributed by atoms with E-state index >= 15 is 0 Å². The third-order valence-electron chi connectivity index (χ3n) is 3.74. The van der Waals surface area contributed by atoms with Gasteiger partial charge >= 0.3 is 0 Å². The van der Waals surface area contributed by atoms with E-state index in [1.165, 1.54) is 19.3 Å². The minimum atomic E-state index is 0. The molecule has 4 nitrogen and oxygen atoms in total. The molecule has 15 heavy (non-hydrogen) atoms. The van der Waals surface area contributed by atoms with Crippen molar-refractivity contribution in [3.8, 4) is 0 Å². The Bertz CT molecular complexity index is 342. The van der Waals surface area contributed by atoms with E-state index in [2.05, 4.69) is 15.5 Å². The maximum atomic E-state index is 5.35. The van der Waals surface area contributed by atoms with Crippen LogP contribution in [0.3, 0.4) is 0 Å². The minimum absolute atomic E-state index is 0. The van der Waals surface area contributed by atoms with Crippen molar-refractivity contribution < 1.29 is 4.52 Å². The molecule has 0 unspecified atom stereocenters. The second kappa shape index (κ2) is 3.76. The summed E-state index contributed by atoms with van der Waals surface area (Å²) in [7, 11) is 0. The largest absolute Gasteiger partial charge is 0.339 e. The topological polar surface area (TPSA) is 51.0 Å². The first-order chi connectivity index (χ1) is 6.81. The first-order valence-corrected chi connectivity index (χ1v) is 5.33. The molecule has 0 amide bonds. The van der Waals surface area contributed by atoms with Gasteiger partial charge in [-0.05, 0) is 32.2 Å². The van der Waals surface area contributed by atoms with Crippen LogP contribution >= 0.6 is 12.4 Å². The highest BCUT2D eigenvalue weighted by molar-refractivity contribution is 5.85. The van der Waals surface area contributed by atoms with Crippen LogP contribution in [0.4, 0.5) is 0 Å².